The molecule has 1 aromatic carbocycles. The van der Waals surface area contributed by atoms with Crippen LogP contribution in [0.4, 0.5) is 0 Å². The average Bonchev–Trinajstić information content (AvgIpc) is 2.86. The number of hydrogen-bond donors (Lipinski definition) is 0. The molecule has 0 radical (unpaired) electrons. The molecule has 1 heteroatoms. The summed E-state index contributed by atoms with van der Waals surface area (Å²) in [7, 11) is 0. The number of carbonyl (C=O) groups excluding carboxylic acids is 1. The van der Waals surface area contributed by atoms with Crippen LogP contribution in [0, 0.1) is 11.3 Å². The summed E-state index contributed by atoms with van der Waals surface area (Å²) in [5.74, 6) is 0.787. The molecule has 1 aromatic rings. The molecule has 2 aliphatic rings. The molecule has 20 heavy (non-hydrogen) atoms. The molecule has 0 atom stereocenters. The van der Waals surface area contributed by atoms with Gasteiger partial charge in [-0.25, -0.2) is 0 Å². The van der Waals surface area contributed by atoms with Gasteiger partial charge in [-0.1, -0.05) is 32.0 Å². The van der Waals surface area contributed by atoms with E-state index in [1.54, 1.807) is 0 Å². The maximum atomic E-state index is 12.5. The zero-order chi connectivity index (χ0) is 14.2. The molecule has 1 saturated carbocycles. The second-order valence-electron chi connectivity index (χ2n) is 7.54. The molecule has 1 fully saturated rings. The molecule has 0 N–H and O–H groups in total. The molecule has 0 bridgehead atoms. The number of fused-ring (bicyclic) bond motifs is 1. The maximum absolute atomic E-state index is 12.5. The van der Waals surface area contributed by atoms with Crippen molar-refractivity contribution in [3.8, 4) is 0 Å². The lowest BCUT2D eigenvalue weighted by molar-refractivity contribution is -0.123. The minimum atomic E-state index is 0.316. The molecular weight excluding hydrogens is 244 g/mol. The molecule has 0 aromatic heterocycles. The summed E-state index contributed by atoms with van der Waals surface area (Å²) in [6.45, 7) is 4.66. The predicted molar refractivity (Wildman–Crippen MR) is 82.9 cm³/mol. The number of Topliss-reactive ketones (excluding diaryl/α,β-unsaturated/α-hetero) is 1. The number of hydrogen-bond acceptors (Lipinski definition) is 1. The van der Waals surface area contributed by atoms with E-state index in [-0.39, 0.29) is 0 Å². The van der Waals surface area contributed by atoms with Gasteiger partial charge in [0.15, 0.2) is 0 Å². The van der Waals surface area contributed by atoms with E-state index < -0.39 is 0 Å². The third-order valence-corrected chi connectivity index (χ3v) is 5.34. The Hall–Kier alpha value is -1.11. The van der Waals surface area contributed by atoms with Crippen molar-refractivity contribution in [3.63, 3.8) is 0 Å². The number of ketones is 1. The van der Waals surface area contributed by atoms with Crippen LogP contribution in [-0.2, 0) is 24.1 Å². The second kappa shape index (κ2) is 5.35. The third-order valence-electron chi connectivity index (χ3n) is 5.34. The molecule has 0 heterocycles. The quantitative estimate of drug-likeness (QED) is 0.790. The second-order valence-corrected chi connectivity index (χ2v) is 7.54. The molecular formula is C19H26O. The van der Waals surface area contributed by atoms with Crippen molar-refractivity contribution in [1.29, 1.82) is 0 Å². The summed E-state index contributed by atoms with van der Waals surface area (Å²) in [5, 5.41) is 0. The summed E-state index contributed by atoms with van der Waals surface area (Å²) in [6.07, 6.45) is 8.95. The van der Waals surface area contributed by atoms with E-state index in [9.17, 15) is 4.79 Å². The SMILES string of the molecule is CC1(C)CCC(C(=O)Cc2ccc3c(c2)CCC3)CC1. The molecule has 1 nitrogen and oxygen atoms in total. The Labute approximate surface area is 122 Å². The molecule has 3 rings (SSSR count). The van der Waals surface area contributed by atoms with Crippen LogP contribution in [0.3, 0.4) is 0 Å². The Morgan fingerprint density at radius 2 is 1.85 bits per heavy atom. The van der Waals surface area contributed by atoms with Gasteiger partial charge in [-0.15, -0.1) is 0 Å². The van der Waals surface area contributed by atoms with E-state index in [1.807, 2.05) is 0 Å². The van der Waals surface area contributed by atoms with Crippen LogP contribution in [0.5, 0.6) is 0 Å². The zero-order valence-corrected chi connectivity index (χ0v) is 12.9. The van der Waals surface area contributed by atoms with E-state index in [0.29, 0.717) is 23.5 Å². The van der Waals surface area contributed by atoms with Gasteiger partial charge < -0.3 is 0 Å². The normalized spacial score (nSPS) is 21.7. The summed E-state index contributed by atoms with van der Waals surface area (Å²) >= 11 is 0. The van der Waals surface area contributed by atoms with Crippen molar-refractivity contribution in [2.75, 3.05) is 0 Å². The van der Waals surface area contributed by atoms with E-state index in [4.69, 9.17) is 0 Å². The number of benzene rings is 1. The smallest absolute Gasteiger partial charge is 0.140 e. The van der Waals surface area contributed by atoms with Crippen LogP contribution in [0.25, 0.3) is 0 Å². The van der Waals surface area contributed by atoms with Crippen molar-refractivity contribution in [2.24, 2.45) is 11.3 Å². The first-order valence-electron chi connectivity index (χ1n) is 8.17. The Morgan fingerprint density at radius 1 is 1.15 bits per heavy atom. The number of aryl methyl sites for hydroxylation is 2. The van der Waals surface area contributed by atoms with Crippen LogP contribution >= 0.6 is 0 Å². The van der Waals surface area contributed by atoms with Crippen LogP contribution in [0.15, 0.2) is 18.2 Å². The van der Waals surface area contributed by atoms with Crippen LogP contribution in [0.1, 0.15) is 62.6 Å². The maximum Gasteiger partial charge on any atom is 0.140 e. The zero-order valence-electron chi connectivity index (χ0n) is 12.9. The third kappa shape index (κ3) is 2.97. The fourth-order valence-corrected chi connectivity index (χ4v) is 3.80. The average molecular weight is 270 g/mol. The van der Waals surface area contributed by atoms with Crippen molar-refractivity contribution in [2.45, 2.75) is 65.2 Å². The molecule has 2 aliphatic carbocycles. The lowest BCUT2D eigenvalue weighted by Gasteiger charge is -2.33. The fourth-order valence-electron chi connectivity index (χ4n) is 3.80. The van der Waals surface area contributed by atoms with E-state index in [1.165, 1.54) is 48.8 Å². The Balaban J connectivity index is 1.62. The van der Waals surface area contributed by atoms with E-state index in [0.717, 1.165) is 12.8 Å². The van der Waals surface area contributed by atoms with E-state index >= 15 is 0 Å². The van der Waals surface area contributed by atoms with Gasteiger partial charge in [-0.3, -0.25) is 4.79 Å². The van der Waals surface area contributed by atoms with Crippen LogP contribution < -0.4 is 0 Å². The highest BCUT2D eigenvalue weighted by molar-refractivity contribution is 5.83. The largest absolute Gasteiger partial charge is 0.299 e. The minimum Gasteiger partial charge on any atom is -0.299 e. The van der Waals surface area contributed by atoms with Gasteiger partial charge in [0.05, 0.1) is 0 Å². The van der Waals surface area contributed by atoms with Gasteiger partial charge in [-0.05, 0) is 67.1 Å². The van der Waals surface area contributed by atoms with E-state index in [2.05, 4.69) is 32.0 Å². The Bertz CT molecular complexity index is 502. The van der Waals surface area contributed by atoms with Gasteiger partial charge in [-0.2, -0.15) is 0 Å². The van der Waals surface area contributed by atoms with Crippen LogP contribution in [0.2, 0.25) is 0 Å². The Morgan fingerprint density at radius 3 is 2.60 bits per heavy atom. The molecule has 0 amide bonds. The molecule has 0 spiro atoms. The van der Waals surface area contributed by atoms with Gasteiger partial charge in [0, 0.05) is 12.3 Å². The first kappa shape index (κ1) is 13.9. The first-order chi connectivity index (χ1) is 9.53. The molecule has 0 aliphatic heterocycles. The molecule has 0 saturated heterocycles. The van der Waals surface area contributed by atoms with Crippen molar-refractivity contribution in [3.05, 3.63) is 34.9 Å². The lowest BCUT2D eigenvalue weighted by atomic mass is 9.71. The molecule has 108 valence electrons. The lowest BCUT2D eigenvalue weighted by Crippen LogP contribution is -2.27. The highest BCUT2D eigenvalue weighted by Crippen LogP contribution is 2.38. The topological polar surface area (TPSA) is 17.1 Å². The first-order valence-corrected chi connectivity index (χ1v) is 8.17. The van der Waals surface area contributed by atoms with Gasteiger partial charge in [0.2, 0.25) is 0 Å². The van der Waals surface area contributed by atoms with Gasteiger partial charge in [0.25, 0.3) is 0 Å². The highest BCUT2D eigenvalue weighted by atomic mass is 16.1. The van der Waals surface area contributed by atoms with Crippen molar-refractivity contribution in [1.82, 2.24) is 0 Å². The number of carbonyl (C=O) groups is 1. The summed E-state index contributed by atoms with van der Waals surface area (Å²) in [6, 6.07) is 6.71. The number of rotatable bonds is 3. The summed E-state index contributed by atoms with van der Waals surface area (Å²) in [4.78, 5) is 12.5. The van der Waals surface area contributed by atoms with Gasteiger partial charge >= 0.3 is 0 Å². The van der Waals surface area contributed by atoms with Gasteiger partial charge in [0.1, 0.15) is 5.78 Å². The summed E-state index contributed by atoms with van der Waals surface area (Å²) in [5.41, 5.74) is 4.67. The monoisotopic (exact) mass is 270 g/mol. The summed E-state index contributed by atoms with van der Waals surface area (Å²) < 4.78 is 0. The Kier molecular flexibility index (Phi) is 3.70. The molecule has 0 unspecified atom stereocenters. The minimum absolute atomic E-state index is 0.316. The predicted octanol–water partition coefficient (Wildman–Crippen LogP) is 4.50. The fraction of sp³-hybridized carbons (Fsp3) is 0.632. The van der Waals surface area contributed by atoms with Crippen LogP contribution in [-0.4, -0.2) is 5.78 Å². The standard InChI is InChI=1S/C19H26O/c1-19(2)10-8-16(9-11-19)18(20)13-14-6-7-15-4-3-5-17(15)12-14/h6-7,12,16H,3-5,8-11,13H2,1-2H3. The van der Waals surface area contributed by atoms with Crippen molar-refractivity contribution < 1.29 is 4.79 Å². The highest BCUT2D eigenvalue weighted by Gasteiger charge is 2.30. The van der Waals surface area contributed by atoms with Crippen molar-refractivity contribution >= 4 is 5.78 Å².